The normalized spacial score (nSPS) is 21.2. The molecule has 178 valence electrons. The minimum atomic E-state index is -0.600. The van der Waals surface area contributed by atoms with E-state index in [1.165, 1.54) is 9.81 Å². The fraction of sp³-hybridized carbons (Fsp3) is 0.462. The first-order chi connectivity index (χ1) is 16.0. The van der Waals surface area contributed by atoms with Crippen molar-refractivity contribution >= 4 is 23.5 Å². The highest BCUT2D eigenvalue weighted by atomic mass is 32.2. The van der Waals surface area contributed by atoms with Crippen LogP contribution in [0.3, 0.4) is 0 Å². The fourth-order valence-electron chi connectivity index (χ4n) is 3.78. The van der Waals surface area contributed by atoms with E-state index in [9.17, 15) is 0 Å². The van der Waals surface area contributed by atoms with Crippen LogP contribution in [0.4, 0.5) is 0 Å². The predicted octanol–water partition coefficient (Wildman–Crippen LogP) is 5.64. The molecule has 0 radical (unpaired) electrons. The Morgan fingerprint density at radius 2 is 1.67 bits per heavy atom. The van der Waals surface area contributed by atoms with Crippen LogP contribution < -0.4 is 4.74 Å². The predicted molar refractivity (Wildman–Crippen MR) is 135 cm³/mol. The smallest absolute Gasteiger partial charge is 0.163 e. The number of hydrogen-bond donors (Lipinski definition) is 0. The lowest BCUT2D eigenvalue weighted by atomic mass is 10.1. The molecule has 0 saturated carbocycles. The van der Waals surface area contributed by atoms with Gasteiger partial charge in [0.05, 0.1) is 33.5 Å². The van der Waals surface area contributed by atoms with E-state index >= 15 is 0 Å². The Kier molecular flexibility index (Phi) is 8.79. The van der Waals surface area contributed by atoms with Crippen LogP contribution in [-0.2, 0) is 32.2 Å². The summed E-state index contributed by atoms with van der Waals surface area (Å²) in [6.45, 7) is 6.06. The van der Waals surface area contributed by atoms with Gasteiger partial charge in [-0.25, -0.2) is 0 Å². The van der Waals surface area contributed by atoms with Crippen molar-refractivity contribution < 1.29 is 23.7 Å². The molecule has 5 nitrogen and oxygen atoms in total. The van der Waals surface area contributed by atoms with E-state index in [1.54, 1.807) is 7.11 Å². The van der Waals surface area contributed by atoms with Crippen molar-refractivity contribution in [2.75, 3.05) is 31.8 Å². The molecule has 2 atom stereocenters. The number of benzene rings is 2. The second kappa shape index (κ2) is 11.8. The lowest BCUT2D eigenvalue weighted by Crippen LogP contribution is -2.35. The Labute approximate surface area is 205 Å². The highest BCUT2D eigenvalue weighted by Gasteiger charge is 2.41. The van der Waals surface area contributed by atoms with Crippen LogP contribution >= 0.6 is 23.5 Å². The number of ether oxygens (including phenoxy) is 5. The van der Waals surface area contributed by atoms with Gasteiger partial charge in [0.2, 0.25) is 0 Å². The zero-order valence-corrected chi connectivity index (χ0v) is 21.1. The summed E-state index contributed by atoms with van der Waals surface area (Å²) in [7, 11) is 1.67. The molecule has 0 aromatic heterocycles. The summed E-state index contributed by atoms with van der Waals surface area (Å²) in [5.74, 6) is 2.36. The van der Waals surface area contributed by atoms with E-state index in [0.717, 1.165) is 28.4 Å². The highest BCUT2D eigenvalue weighted by molar-refractivity contribution is 8.10. The zero-order chi connectivity index (χ0) is 23.1. The molecule has 4 rings (SSSR count). The molecule has 0 aliphatic carbocycles. The maximum absolute atomic E-state index is 6.50. The van der Waals surface area contributed by atoms with Crippen LogP contribution in [0, 0.1) is 0 Å². The van der Waals surface area contributed by atoms with E-state index in [0.29, 0.717) is 26.4 Å². The number of rotatable bonds is 10. The van der Waals surface area contributed by atoms with Gasteiger partial charge in [-0.1, -0.05) is 42.5 Å². The Balaban J connectivity index is 1.47. The third-order valence-electron chi connectivity index (χ3n) is 5.45. The lowest BCUT2D eigenvalue weighted by molar-refractivity contribution is -0.153. The van der Waals surface area contributed by atoms with Crippen LogP contribution in [0.1, 0.15) is 25.0 Å². The summed E-state index contributed by atoms with van der Waals surface area (Å²) in [6, 6.07) is 18.3. The Bertz CT molecular complexity index is 914. The first kappa shape index (κ1) is 24.6. The Morgan fingerprint density at radius 3 is 2.36 bits per heavy atom. The van der Waals surface area contributed by atoms with Gasteiger partial charge in [-0.3, -0.25) is 0 Å². The second-order valence-electron chi connectivity index (χ2n) is 8.41. The van der Waals surface area contributed by atoms with Crippen molar-refractivity contribution in [1.82, 2.24) is 0 Å². The standard InChI is InChI=1S/C26H32O5S2/c1-26(2)30-17-22(31-26)24(29-16-19-7-5-4-6-8-19)25-23(32-13-14-33-25)18-28-15-20-9-11-21(27-3)12-10-20/h4-12,22,24H,13-18H2,1-3H3/t22-,24+/m0/s1. The molecule has 1 saturated heterocycles. The van der Waals surface area contributed by atoms with Crippen LogP contribution in [0.25, 0.3) is 0 Å². The van der Waals surface area contributed by atoms with Gasteiger partial charge in [-0.15, -0.1) is 23.5 Å². The first-order valence-corrected chi connectivity index (χ1v) is 13.2. The third-order valence-corrected chi connectivity index (χ3v) is 8.13. The number of hydrogen-bond acceptors (Lipinski definition) is 7. The summed E-state index contributed by atoms with van der Waals surface area (Å²) in [4.78, 5) is 2.44. The summed E-state index contributed by atoms with van der Waals surface area (Å²) < 4.78 is 30.0. The topological polar surface area (TPSA) is 46.2 Å². The van der Waals surface area contributed by atoms with Crippen molar-refractivity contribution in [2.24, 2.45) is 0 Å². The SMILES string of the molecule is COc1ccc(COCC2=C([C@H](OCc3ccccc3)[C@@H]3COC(C)(C)O3)SCCS2)cc1. The molecular formula is C26H32O5S2. The molecule has 33 heavy (non-hydrogen) atoms. The van der Waals surface area contributed by atoms with Gasteiger partial charge in [-0.2, -0.15) is 0 Å². The van der Waals surface area contributed by atoms with E-state index in [4.69, 9.17) is 23.7 Å². The van der Waals surface area contributed by atoms with Crippen molar-refractivity contribution in [3.63, 3.8) is 0 Å². The fourth-order valence-corrected chi connectivity index (χ4v) is 6.30. The summed E-state index contributed by atoms with van der Waals surface area (Å²) >= 11 is 3.71. The maximum atomic E-state index is 6.50. The molecule has 2 aliphatic rings. The minimum Gasteiger partial charge on any atom is -0.497 e. The van der Waals surface area contributed by atoms with E-state index < -0.39 is 5.79 Å². The van der Waals surface area contributed by atoms with Crippen molar-refractivity contribution in [1.29, 1.82) is 0 Å². The van der Waals surface area contributed by atoms with Gasteiger partial charge in [0.1, 0.15) is 18.0 Å². The quantitative estimate of drug-likeness (QED) is 0.429. The van der Waals surface area contributed by atoms with Crippen molar-refractivity contribution in [3.8, 4) is 5.75 Å². The minimum absolute atomic E-state index is 0.151. The number of methoxy groups -OCH3 is 1. The van der Waals surface area contributed by atoms with Gasteiger partial charge < -0.3 is 23.7 Å². The summed E-state index contributed by atoms with van der Waals surface area (Å²) in [6.07, 6.45) is -0.342. The zero-order valence-electron chi connectivity index (χ0n) is 19.5. The molecular weight excluding hydrogens is 456 g/mol. The molecule has 2 aliphatic heterocycles. The van der Waals surface area contributed by atoms with Gasteiger partial charge in [0.25, 0.3) is 0 Å². The molecule has 0 spiro atoms. The van der Waals surface area contributed by atoms with Crippen LogP contribution in [0.2, 0.25) is 0 Å². The Hall–Kier alpha value is -1.48. The molecule has 2 aromatic rings. The van der Waals surface area contributed by atoms with Gasteiger partial charge in [0, 0.05) is 21.3 Å². The van der Waals surface area contributed by atoms with Gasteiger partial charge in [-0.05, 0) is 37.1 Å². The van der Waals surface area contributed by atoms with Crippen LogP contribution in [-0.4, -0.2) is 49.8 Å². The number of thioether (sulfide) groups is 2. The lowest BCUT2D eigenvalue weighted by Gasteiger charge is -2.30. The molecule has 0 amide bonds. The van der Waals surface area contributed by atoms with Crippen LogP contribution in [0.5, 0.6) is 5.75 Å². The molecule has 0 N–H and O–H groups in total. The average molecular weight is 489 g/mol. The van der Waals surface area contributed by atoms with E-state index in [1.807, 2.05) is 79.8 Å². The molecule has 1 fully saturated rings. The van der Waals surface area contributed by atoms with Crippen molar-refractivity contribution in [3.05, 3.63) is 75.5 Å². The third kappa shape index (κ3) is 7.01. The molecule has 2 heterocycles. The molecule has 2 aromatic carbocycles. The van der Waals surface area contributed by atoms with Crippen molar-refractivity contribution in [2.45, 2.75) is 45.1 Å². The van der Waals surface area contributed by atoms with Crippen LogP contribution in [0.15, 0.2) is 64.4 Å². The summed E-state index contributed by atoms with van der Waals surface area (Å²) in [5.41, 5.74) is 2.27. The maximum Gasteiger partial charge on any atom is 0.163 e. The summed E-state index contributed by atoms with van der Waals surface area (Å²) in [5, 5.41) is 0. The van der Waals surface area contributed by atoms with Gasteiger partial charge in [0.15, 0.2) is 5.79 Å². The Morgan fingerprint density at radius 1 is 0.939 bits per heavy atom. The van der Waals surface area contributed by atoms with E-state index in [-0.39, 0.29) is 12.2 Å². The van der Waals surface area contributed by atoms with Gasteiger partial charge >= 0.3 is 0 Å². The largest absolute Gasteiger partial charge is 0.497 e. The average Bonchev–Trinajstić information content (AvgIpc) is 3.20. The highest BCUT2D eigenvalue weighted by Crippen LogP contribution is 2.41. The molecule has 0 unspecified atom stereocenters. The molecule has 7 heteroatoms. The molecule has 0 bridgehead atoms. The monoisotopic (exact) mass is 488 g/mol. The first-order valence-electron chi connectivity index (χ1n) is 11.2. The van der Waals surface area contributed by atoms with E-state index in [2.05, 4.69) is 12.1 Å². The second-order valence-corrected chi connectivity index (χ2v) is 10.7.